The number of imidazole rings is 1. The molecule has 7 nitrogen and oxygen atoms in total. The van der Waals surface area contributed by atoms with Crippen molar-refractivity contribution in [1.29, 1.82) is 0 Å². The average molecular weight is 465 g/mol. The predicted octanol–water partition coefficient (Wildman–Crippen LogP) is 4.17. The van der Waals surface area contributed by atoms with Crippen LogP contribution in [0.4, 0.5) is 0 Å². The van der Waals surface area contributed by atoms with Gasteiger partial charge in [0, 0.05) is 6.20 Å². The van der Waals surface area contributed by atoms with Crippen LogP contribution in [-0.4, -0.2) is 30.1 Å². The monoisotopic (exact) mass is 464 g/mol. The lowest BCUT2D eigenvalue weighted by Gasteiger charge is -2.11. The van der Waals surface area contributed by atoms with Crippen LogP contribution in [0.1, 0.15) is 30.8 Å². The van der Waals surface area contributed by atoms with Crippen molar-refractivity contribution in [1.82, 2.24) is 19.3 Å². The summed E-state index contributed by atoms with van der Waals surface area (Å²) in [5.41, 5.74) is 3.58. The molecule has 0 fully saturated rings. The minimum atomic E-state index is -3.68. The van der Waals surface area contributed by atoms with E-state index in [1.165, 1.54) is 0 Å². The van der Waals surface area contributed by atoms with E-state index in [9.17, 15) is 8.42 Å². The van der Waals surface area contributed by atoms with Crippen molar-refractivity contribution in [2.75, 3.05) is 7.11 Å². The van der Waals surface area contributed by atoms with Crippen LogP contribution in [0.25, 0.3) is 11.2 Å². The van der Waals surface area contributed by atoms with Gasteiger partial charge in [-0.2, -0.15) is 0 Å². The van der Waals surface area contributed by atoms with E-state index < -0.39 is 10.0 Å². The highest BCUT2D eigenvalue weighted by Crippen LogP contribution is 2.19. The van der Waals surface area contributed by atoms with E-state index >= 15 is 0 Å². The molecule has 0 bridgehead atoms. The first-order valence-corrected chi connectivity index (χ1v) is 12.4. The number of fused-ring (bicyclic) bond motifs is 1. The third kappa shape index (κ3) is 5.40. The molecule has 8 heteroatoms. The van der Waals surface area contributed by atoms with Gasteiger partial charge in [-0.05, 0) is 59.9 Å². The quantitative estimate of drug-likeness (QED) is 0.402. The van der Waals surface area contributed by atoms with Crippen LogP contribution in [0.2, 0.25) is 0 Å². The van der Waals surface area contributed by atoms with E-state index in [1.54, 1.807) is 25.4 Å². The van der Waals surface area contributed by atoms with Crippen molar-refractivity contribution in [3.05, 3.63) is 83.8 Å². The zero-order valence-corrected chi connectivity index (χ0v) is 19.8. The predicted molar refractivity (Wildman–Crippen MR) is 129 cm³/mol. The second kappa shape index (κ2) is 9.72. The van der Waals surface area contributed by atoms with E-state index in [4.69, 9.17) is 4.74 Å². The molecule has 0 aliphatic heterocycles. The maximum absolute atomic E-state index is 12.9. The molecule has 172 valence electrons. The maximum atomic E-state index is 12.9. The number of pyridine rings is 1. The van der Waals surface area contributed by atoms with Gasteiger partial charge in [0.15, 0.2) is 5.65 Å². The second-order valence-corrected chi connectivity index (χ2v) is 10.1. The fourth-order valence-electron chi connectivity index (χ4n) is 3.74. The Morgan fingerprint density at radius 2 is 1.70 bits per heavy atom. The Balaban J connectivity index is 1.57. The zero-order chi connectivity index (χ0) is 23.4. The first-order chi connectivity index (χ1) is 15.9. The van der Waals surface area contributed by atoms with E-state index in [1.807, 2.05) is 53.1 Å². The van der Waals surface area contributed by atoms with Crippen molar-refractivity contribution in [3.8, 4) is 5.75 Å². The standard InChI is InChI=1S/C25H28N4O3S/c1-18(2)15-19-8-12-22(13-9-19)33(30,31)27-16-24-28-23-5-4-14-26-25(23)29(24)17-20-6-10-21(32-3)11-7-20/h4-14,18,27H,15-17H2,1-3H3. The summed E-state index contributed by atoms with van der Waals surface area (Å²) in [4.78, 5) is 9.34. The molecule has 4 rings (SSSR count). The molecule has 0 saturated carbocycles. The Labute approximate surface area is 194 Å². The molecule has 0 atom stereocenters. The van der Waals surface area contributed by atoms with Crippen molar-refractivity contribution in [2.24, 2.45) is 5.92 Å². The molecule has 2 aromatic heterocycles. The number of hydrogen-bond donors (Lipinski definition) is 1. The minimum absolute atomic E-state index is 0.0581. The molecule has 0 aliphatic rings. The third-order valence-corrected chi connectivity index (χ3v) is 6.80. The number of ether oxygens (including phenoxy) is 1. The van der Waals surface area contributed by atoms with Gasteiger partial charge in [0.05, 0.1) is 25.1 Å². The van der Waals surface area contributed by atoms with Crippen LogP contribution in [0.5, 0.6) is 5.75 Å². The fraction of sp³-hybridized carbons (Fsp3) is 0.280. The number of methoxy groups -OCH3 is 1. The van der Waals surface area contributed by atoms with Gasteiger partial charge in [0.2, 0.25) is 10.0 Å². The molecule has 0 aliphatic carbocycles. The average Bonchev–Trinajstić information content (AvgIpc) is 3.16. The van der Waals surface area contributed by atoms with E-state index in [0.29, 0.717) is 23.9 Å². The van der Waals surface area contributed by atoms with Gasteiger partial charge in [0.1, 0.15) is 17.1 Å². The normalized spacial score (nSPS) is 11.9. The summed E-state index contributed by atoms with van der Waals surface area (Å²) >= 11 is 0. The molecular weight excluding hydrogens is 436 g/mol. The smallest absolute Gasteiger partial charge is 0.240 e. The summed E-state index contributed by atoms with van der Waals surface area (Å²) in [7, 11) is -2.05. The summed E-state index contributed by atoms with van der Waals surface area (Å²) < 4.78 is 35.7. The fourth-order valence-corrected chi connectivity index (χ4v) is 4.72. The van der Waals surface area contributed by atoms with Gasteiger partial charge in [0.25, 0.3) is 0 Å². The first-order valence-electron chi connectivity index (χ1n) is 10.9. The molecule has 33 heavy (non-hydrogen) atoms. The molecule has 0 radical (unpaired) electrons. The molecule has 0 spiro atoms. The lowest BCUT2D eigenvalue weighted by Crippen LogP contribution is -2.25. The molecule has 4 aromatic rings. The third-order valence-electron chi connectivity index (χ3n) is 5.38. The highest BCUT2D eigenvalue weighted by atomic mass is 32.2. The van der Waals surface area contributed by atoms with Crippen molar-refractivity contribution in [2.45, 2.75) is 38.3 Å². The van der Waals surface area contributed by atoms with Crippen molar-refractivity contribution < 1.29 is 13.2 Å². The lowest BCUT2D eigenvalue weighted by molar-refractivity contribution is 0.414. The van der Waals surface area contributed by atoms with Gasteiger partial charge in [-0.15, -0.1) is 0 Å². The van der Waals surface area contributed by atoms with E-state index in [-0.39, 0.29) is 11.4 Å². The summed E-state index contributed by atoms with van der Waals surface area (Å²) in [6.07, 6.45) is 2.62. The molecular formula is C25H28N4O3S. The number of nitrogens with zero attached hydrogens (tertiary/aromatic N) is 3. The topological polar surface area (TPSA) is 86.1 Å². The number of aromatic nitrogens is 3. The highest BCUT2D eigenvalue weighted by molar-refractivity contribution is 7.89. The van der Waals surface area contributed by atoms with Gasteiger partial charge in [-0.3, -0.25) is 0 Å². The summed E-state index contributed by atoms with van der Waals surface area (Å²) in [5.74, 6) is 1.89. The summed E-state index contributed by atoms with van der Waals surface area (Å²) in [6.45, 7) is 4.85. The Morgan fingerprint density at radius 3 is 2.36 bits per heavy atom. The Bertz CT molecular complexity index is 1330. The Hall–Kier alpha value is -3.23. The van der Waals surface area contributed by atoms with E-state index in [2.05, 4.69) is 28.5 Å². The molecule has 2 heterocycles. The van der Waals surface area contributed by atoms with Crippen LogP contribution in [0.15, 0.2) is 71.8 Å². The van der Waals surface area contributed by atoms with Gasteiger partial charge in [-0.25, -0.2) is 23.1 Å². The number of rotatable bonds is 9. The lowest BCUT2D eigenvalue weighted by atomic mass is 10.0. The maximum Gasteiger partial charge on any atom is 0.240 e. The van der Waals surface area contributed by atoms with Crippen LogP contribution < -0.4 is 9.46 Å². The number of hydrogen-bond acceptors (Lipinski definition) is 5. The van der Waals surface area contributed by atoms with Gasteiger partial charge < -0.3 is 9.30 Å². The van der Waals surface area contributed by atoms with Gasteiger partial charge in [-0.1, -0.05) is 38.1 Å². The minimum Gasteiger partial charge on any atom is -0.497 e. The highest BCUT2D eigenvalue weighted by Gasteiger charge is 2.18. The molecule has 1 N–H and O–H groups in total. The van der Waals surface area contributed by atoms with Gasteiger partial charge >= 0.3 is 0 Å². The SMILES string of the molecule is COc1ccc(Cn2c(CNS(=O)(=O)c3ccc(CC(C)C)cc3)nc3cccnc32)cc1. The van der Waals surface area contributed by atoms with Crippen molar-refractivity contribution in [3.63, 3.8) is 0 Å². The largest absolute Gasteiger partial charge is 0.497 e. The Kier molecular flexibility index (Phi) is 6.76. The summed E-state index contributed by atoms with van der Waals surface area (Å²) in [6, 6.07) is 18.5. The number of nitrogens with one attached hydrogen (secondary N) is 1. The van der Waals surface area contributed by atoms with E-state index in [0.717, 1.165) is 28.8 Å². The van der Waals surface area contributed by atoms with Crippen molar-refractivity contribution >= 4 is 21.2 Å². The van der Waals surface area contributed by atoms with Crippen LogP contribution >= 0.6 is 0 Å². The second-order valence-electron chi connectivity index (χ2n) is 8.37. The molecule has 2 aromatic carbocycles. The van der Waals surface area contributed by atoms with Crippen LogP contribution in [0, 0.1) is 5.92 Å². The first kappa shape index (κ1) is 22.9. The molecule has 0 unspecified atom stereocenters. The number of sulfonamides is 1. The molecule has 0 amide bonds. The van der Waals surface area contributed by atoms with Crippen LogP contribution in [0.3, 0.4) is 0 Å². The zero-order valence-electron chi connectivity index (χ0n) is 19.0. The number of benzene rings is 2. The van der Waals surface area contributed by atoms with Crippen LogP contribution in [-0.2, 0) is 29.5 Å². The molecule has 0 saturated heterocycles. The summed E-state index contributed by atoms with van der Waals surface area (Å²) in [5, 5.41) is 0. The Morgan fingerprint density at radius 1 is 1.00 bits per heavy atom.